The highest BCUT2D eigenvalue weighted by molar-refractivity contribution is 7.20. The molecule has 1 amide bonds. The molecule has 0 saturated heterocycles. The van der Waals surface area contributed by atoms with Gasteiger partial charge in [0.05, 0.1) is 22.3 Å². The second-order valence-electron chi connectivity index (χ2n) is 7.01. The van der Waals surface area contributed by atoms with Crippen molar-refractivity contribution in [2.75, 3.05) is 20.6 Å². The van der Waals surface area contributed by atoms with Gasteiger partial charge in [0.15, 0.2) is 0 Å². The zero-order valence-electron chi connectivity index (χ0n) is 16.3. The Bertz CT molecular complexity index is 1130. The first-order valence-corrected chi connectivity index (χ1v) is 10.9. The van der Waals surface area contributed by atoms with Crippen LogP contribution in [0.15, 0.2) is 47.8 Å². The van der Waals surface area contributed by atoms with Gasteiger partial charge in [-0.05, 0) is 62.8 Å². The number of nitrogens with zero attached hydrogens (tertiary/aromatic N) is 3. The fraction of sp³-hybridized carbons (Fsp3) is 0.238. The highest BCUT2D eigenvalue weighted by atomic mass is 32.1. The van der Waals surface area contributed by atoms with Crippen LogP contribution >= 0.6 is 22.7 Å². The van der Waals surface area contributed by atoms with E-state index >= 15 is 0 Å². The van der Waals surface area contributed by atoms with E-state index in [4.69, 9.17) is 0 Å². The maximum absolute atomic E-state index is 13.3. The van der Waals surface area contributed by atoms with Gasteiger partial charge >= 0.3 is 0 Å². The molecule has 0 fully saturated rings. The number of rotatable bonds is 6. The number of aryl methyl sites for hydroxylation is 1. The van der Waals surface area contributed by atoms with Crippen LogP contribution in [-0.2, 0) is 0 Å². The maximum atomic E-state index is 13.3. The molecule has 0 saturated carbocycles. The van der Waals surface area contributed by atoms with Gasteiger partial charge in [-0.15, -0.1) is 22.7 Å². The standard InChI is InChI=1S/C21H21FN4OS2/c1-13-16-11-19(20(27)23-12-17(25(2)3)18-5-4-10-28-18)29-21(16)26(24-13)15-8-6-14(22)7-9-15/h4-11,17H,12H2,1-3H3,(H,23,27). The third-order valence-electron chi connectivity index (χ3n) is 4.79. The normalized spacial score (nSPS) is 12.6. The summed E-state index contributed by atoms with van der Waals surface area (Å²) in [6.45, 7) is 2.44. The Morgan fingerprint density at radius 2 is 2.03 bits per heavy atom. The number of nitrogens with one attached hydrogen (secondary N) is 1. The number of benzene rings is 1. The van der Waals surface area contributed by atoms with Crippen LogP contribution < -0.4 is 5.32 Å². The Morgan fingerprint density at radius 1 is 1.28 bits per heavy atom. The minimum absolute atomic E-state index is 0.0975. The molecule has 5 nitrogen and oxygen atoms in total. The third kappa shape index (κ3) is 3.96. The Balaban J connectivity index is 1.57. The SMILES string of the molecule is Cc1nn(-c2ccc(F)cc2)c2sc(C(=O)NCC(c3cccs3)N(C)C)cc12. The van der Waals surface area contributed by atoms with E-state index in [2.05, 4.69) is 21.4 Å². The van der Waals surface area contributed by atoms with Crippen molar-refractivity contribution in [1.82, 2.24) is 20.0 Å². The van der Waals surface area contributed by atoms with Gasteiger partial charge in [-0.1, -0.05) is 6.07 Å². The maximum Gasteiger partial charge on any atom is 0.261 e. The molecule has 3 heterocycles. The molecule has 1 atom stereocenters. The van der Waals surface area contributed by atoms with Crippen LogP contribution in [0.3, 0.4) is 0 Å². The molecule has 1 N–H and O–H groups in total. The van der Waals surface area contributed by atoms with Gasteiger partial charge in [0.25, 0.3) is 5.91 Å². The quantitative estimate of drug-likeness (QED) is 0.487. The van der Waals surface area contributed by atoms with E-state index in [0.29, 0.717) is 11.4 Å². The minimum atomic E-state index is -0.290. The zero-order chi connectivity index (χ0) is 20.5. The van der Waals surface area contributed by atoms with Crippen LogP contribution in [0.25, 0.3) is 15.9 Å². The van der Waals surface area contributed by atoms with E-state index in [9.17, 15) is 9.18 Å². The summed E-state index contributed by atoms with van der Waals surface area (Å²) in [5.41, 5.74) is 1.60. The second-order valence-corrected chi connectivity index (χ2v) is 9.02. The fourth-order valence-corrected chi connectivity index (χ4v) is 5.23. The number of carbonyl (C=O) groups is 1. The summed E-state index contributed by atoms with van der Waals surface area (Å²) in [4.78, 5) is 17.7. The number of likely N-dealkylation sites (N-methyl/N-ethyl adjacent to an activating group) is 1. The molecule has 0 aliphatic carbocycles. The molecule has 4 aromatic rings. The van der Waals surface area contributed by atoms with E-state index in [1.165, 1.54) is 28.3 Å². The van der Waals surface area contributed by atoms with Gasteiger partial charge in [0.1, 0.15) is 10.6 Å². The first-order chi connectivity index (χ1) is 13.9. The van der Waals surface area contributed by atoms with Crippen molar-refractivity contribution in [2.24, 2.45) is 0 Å². The molecule has 0 aliphatic heterocycles. The highest BCUT2D eigenvalue weighted by Crippen LogP contribution is 2.30. The Morgan fingerprint density at radius 3 is 2.69 bits per heavy atom. The summed E-state index contributed by atoms with van der Waals surface area (Å²) in [6.07, 6.45) is 0. The molecule has 1 aromatic carbocycles. The van der Waals surface area contributed by atoms with Crippen LogP contribution in [0.5, 0.6) is 0 Å². The van der Waals surface area contributed by atoms with E-state index in [1.54, 1.807) is 28.2 Å². The van der Waals surface area contributed by atoms with Crippen molar-refractivity contribution in [1.29, 1.82) is 0 Å². The van der Waals surface area contributed by atoms with Gasteiger partial charge in [0, 0.05) is 16.8 Å². The smallest absolute Gasteiger partial charge is 0.261 e. The van der Waals surface area contributed by atoms with E-state index in [1.807, 2.05) is 38.5 Å². The number of hydrogen-bond acceptors (Lipinski definition) is 5. The molecule has 29 heavy (non-hydrogen) atoms. The van der Waals surface area contributed by atoms with Gasteiger partial charge in [-0.3, -0.25) is 4.79 Å². The van der Waals surface area contributed by atoms with Crippen LogP contribution in [-0.4, -0.2) is 41.2 Å². The third-order valence-corrected chi connectivity index (χ3v) is 6.87. The summed E-state index contributed by atoms with van der Waals surface area (Å²) in [6, 6.07) is 12.3. The van der Waals surface area contributed by atoms with Gasteiger partial charge in [-0.2, -0.15) is 5.10 Å². The Kier molecular flexibility index (Phi) is 5.49. The topological polar surface area (TPSA) is 50.2 Å². The van der Waals surface area contributed by atoms with Crippen molar-refractivity contribution < 1.29 is 9.18 Å². The average molecular weight is 429 g/mol. The minimum Gasteiger partial charge on any atom is -0.349 e. The van der Waals surface area contributed by atoms with Gasteiger partial charge < -0.3 is 10.2 Å². The number of carbonyl (C=O) groups excluding carboxylic acids is 1. The fourth-order valence-electron chi connectivity index (χ4n) is 3.21. The predicted octanol–water partition coefficient (Wildman–Crippen LogP) is 4.63. The number of fused-ring (bicyclic) bond motifs is 1. The van der Waals surface area contributed by atoms with E-state index in [-0.39, 0.29) is 17.8 Å². The number of aromatic nitrogens is 2. The summed E-state index contributed by atoms with van der Waals surface area (Å²) >= 11 is 3.08. The van der Waals surface area contributed by atoms with Crippen molar-refractivity contribution in [3.63, 3.8) is 0 Å². The predicted molar refractivity (Wildman–Crippen MR) is 117 cm³/mol. The molecular formula is C21H21FN4OS2. The van der Waals surface area contributed by atoms with E-state index in [0.717, 1.165) is 21.6 Å². The van der Waals surface area contributed by atoms with E-state index < -0.39 is 0 Å². The molecule has 0 aliphatic rings. The lowest BCUT2D eigenvalue weighted by molar-refractivity contribution is 0.0946. The lowest BCUT2D eigenvalue weighted by atomic mass is 10.2. The molecule has 4 rings (SSSR count). The van der Waals surface area contributed by atoms with Crippen LogP contribution in [0.1, 0.15) is 26.3 Å². The Hall–Kier alpha value is -2.55. The molecule has 0 spiro atoms. The van der Waals surface area contributed by atoms with Gasteiger partial charge in [0.2, 0.25) is 0 Å². The zero-order valence-corrected chi connectivity index (χ0v) is 18.0. The molecular weight excluding hydrogens is 407 g/mol. The second kappa shape index (κ2) is 8.06. The lowest BCUT2D eigenvalue weighted by Gasteiger charge is -2.23. The van der Waals surface area contributed by atoms with Crippen molar-refractivity contribution in [3.8, 4) is 5.69 Å². The summed E-state index contributed by atoms with van der Waals surface area (Å²) in [5.74, 6) is -0.388. The first-order valence-electron chi connectivity index (χ1n) is 9.17. The molecule has 150 valence electrons. The van der Waals surface area contributed by atoms with Crippen molar-refractivity contribution in [3.05, 3.63) is 69.1 Å². The number of hydrogen-bond donors (Lipinski definition) is 1. The number of amides is 1. The number of halogens is 1. The van der Waals surface area contributed by atoms with Crippen molar-refractivity contribution in [2.45, 2.75) is 13.0 Å². The van der Waals surface area contributed by atoms with Crippen LogP contribution in [0.4, 0.5) is 4.39 Å². The summed E-state index contributed by atoms with van der Waals surface area (Å²) in [5, 5.41) is 10.6. The lowest BCUT2D eigenvalue weighted by Crippen LogP contribution is -2.33. The molecule has 0 bridgehead atoms. The molecule has 1 unspecified atom stereocenters. The summed E-state index contributed by atoms with van der Waals surface area (Å²) < 4.78 is 15.0. The highest BCUT2D eigenvalue weighted by Gasteiger charge is 2.20. The average Bonchev–Trinajstić information content (AvgIpc) is 3.41. The largest absolute Gasteiger partial charge is 0.349 e. The van der Waals surface area contributed by atoms with Crippen molar-refractivity contribution >= 4 is 38.8 Å². The molecule has 8 heteroatoms. The first kappa shape index (κ1) is 19.8. The van der Waals surface area contributed by atoms with Crippen LogP contribution in [0, 0.1) is 12.7 Å². The molecule has 3 aromatic heterocycles. The van der Waals surface area contributed by atoms with Crippen LogP contribution in [0.2, 0.25) is 0 Å². The summed E-state index contributed by atoms with van der Waals surface area (Å²) in [7, 11) is 4.02. The molecule has 0 radical (unpaired) electrons. The number of thiophene rings is 2. The van der Waals surface area contributed by atoms with Gasteiger partial charge in [-0.25, -0.2) is 9.07 Å². The Labute approximate surface area is 176 Å². The monoisotopic (exact) mass is 428 g/mol.